The van der Waals surface area contributed by atoms with Gasteiger partial charge in [0.25, 0.3) is 0 Å². The molecule has 3 rings (SSSR count). The van der Waals surface area contributed by atoms with Gasteiger partial charge in [0.2, 0.25) is 0 Å². The number of benzene rings is 1. The highest BCUT2D eigenvalue weighted by atomic mass is 127. The lowest BCUT2D eigenvalue weighted by Gasteiger charge is -2.39. The van der Waals surface area contributed by atoms with E-state index in [1.54, 1.807) is 18.1 Å². The second kappa shape index (κ2) is 10.0. The Balaban J connectivity index is 0.00000261. The Bertz CT molecular complexity index is 754. The van der Waals surface area contributed by atoms with Crippen molar-refractivity contribution < 1.29 is 4.74 Å². The molecular weight excluding hydrogens is 455 g/mol. The first-order valence-corrected chi connectivity index (χ1v) is 9.06. The van der Waals surface area contributed by atoms with Gasteiger partial charge in [0.1, 0.15) is 12.2 Å². The molecule has 148 valence electrons. The number of hydrogen-bond donors (Lipinski definition) is 2. The van der Waals surface area contributed by atoms with E-state index in [-0.39, 0.29) is 29.4 Å². The number of nitrogens with one attached hydrogen (secondary N) is 2. The molecule has 1 fully saturated rings. The van der Waals surface area contributed by atoms with Gasteiger partial charge in [-0.3, -0.25) is 9.67 Å². The predicted octanol–water partition coefficient (Wildman–Crippen LogP) is 2.15. The lowest BCUT2D eigenvalue weighted by Crippen LogP contribution is -2.48. The molecule has 2 heterocycles. The zero-order chi connectivity index (χ0) is 18.4. The molecule has 2 aromatic rings. The van der Waals surface area contributed by atoms with Crippen LogP contribution in [0.4, 0.5) is 0 Å². The summed E-state index contributed by atoms with van der Waals surface area (Å²) in [6.07, 6.45) is 3.57. The molecule has 1 aromatic carbocycles. The molecule has 0 unspecified atom stereocenters. The Morgan fingerprint density at radius 1 is 1.26 bits per heavy atom. The van der Waals surface area contributed by atoms with Gasteiger partial charge >= 0.3 is 0 Å². The first kappa shape index (κ1) is 21.6. The number of rotatable bonds is 5. The summed E-state index contributed by atoms with van der Waals surface area (Å²) in [5.41, 5.74) is 2.80. The molecule has 0 spiro atoms. The Kier molecular flexibility index (Phi) is 8.03. The summed E-state index contributed by atoms with van der Waals surface area (Å²) >= 11 is 0. The van der Waals surface area contributed by atoms with Crippen LogP contribution in [-0.4, -0.2) is 47.5 Å². The van der Waals surface area contributed by atoms with Gasteiger partial charge in [-0.2, -0.15) is 5.10 Å². The number of aromatic nitrogens is 3. The number of halogens is 1. The highest BCUT2D eigenvalue weighted by Crippen LogP contribution is 2.36. The van der Waals surface area contributed by atoms with E-state index in [1.165, 1.54) is 11.1 Å². The zero-order valence-electron chi connectivity index (χ0n) is 16.2. The number of hydrogen-bond acceptors (Lipinski definition) is 4. The number of nitrogens with zero attached hydrogens (tertiary/aromatic N) is 4. The van der Waals surface area contributed by atoms with Crippen LogP contribution in [0.1, 0.15) is 29.8 Å². The Morgan fingerprint density at radius 2 is 2.00 bits per heavy atom. The van der Waals surface area contributed by atoms with Gasteiger partial charge in [0.15, 0.2) is 5.96 Å². The third-order valence-electron chi connectivity index (χ3n) is 5.20. The fourth-order valence-corrected chi connectivity index (χ4v) is 3.59. The van der Waals surface area contributed by atoms with Crippen LogP contribution in [0, 0.1) is 6.92 Å². The Labute approximate surface area is 178 Å². The van der Waals surface area contributed by atoms with Crippen molar-refractivity contribution in [2.75, 3.05) is 26.8 Å². The third kappa shape index (κ3) is 5.19. The van der Waals surface area contributed by atoms with E-state index in [0.29, 0.717) is 6.54 Å². The summed E-state index contributed by atoms with van der Waals surface area (Å²) in [6.45, 7) is 5.17. The van der Waals surface area contributed by atoms with Gasteiger partial charge < -0.3 is 15.4 Å². The number of aliphatic imine (C=N–C) groups is 1. The highest BCUT2D eigenvalue weighted by molar-refractivity contribution is 14.0. The SMILES string of the molecule is CN=C(NCc1ncnn1C)NCC1(c2ccccc2C)CCOCC1.I. The molecule has 1 aliphatic heterocycles. The van der Waals surface area contributed by atoms with Crippen LogP contribution in [0.25, 0.3) is 0 Å². The molecule has 0 saturated carbocycles. The normalized spacial score (nSPS) is 16.5. The molecule has 0 amide bonds. The van der Waals surface area contributed by atoms with Gasteiger partial charge in [-0.25, -0.2) is 4.98 Å². The third-order valence-corrected chi connectivity index (χ3v) is 5.20. The molecule has 7 nitrogen and oxygen atoms in total. The number of guanidine groups is 1. The van der Waals surface area contributed by atoms with Crippen molar-refractivity contribution in [3.63, 3.8) is 0 Å². The van der Waals surface area contributed by atoms with E-state index < -0.39 is 0 Å². The topological polar surface area (TPSA) is 76.4 Å². The van der Waals surface area contributed by atoms with Gasteiger partial charge in [0.05, 0.1) is 6.54 Å². The summed E-state index contributed by atoms with van der Waals surface area (Å²) < 4.78 is 7.39. The minimum Gasteiger partial charge on any atom is -0.381 e. The van der Waals surface area contributed by atoms with E-state index in [0.717, 1.165) is 44.4 Å². The maximum atomic E-state index is 5.64. The van der Waals surface area contributed by atoms with Crippen molar-refractivity contribution in [2.24, 2.45) is 12.0 Å². The minimum absolute atomic E-state index is 0. The van der Waals surface area contributed by atoms with E-state index in [4.69, 9.17) is 4.74 Å². The molecule has 0 radical (unpaired) electrons. The van der Waals surface area contributed by atoms with Crippen molar-refractivity contribution in [1.29, 1.82) is 0 Å². The molecule has 1 saturated heterocycles. The first-order valence-electron chi connectivity index (χ1n) is 9.06. The van der Waals surface area contributed by atoms with Crippen LogP contribution in [0.2, 0.25) is 0 Å². The maximum absolute atomic E-state index is 5.64. The minimum atomic E-state index is 0. The summed E-state index contributed by atoms with van der Waals surface area (Å²) in [6, 6.07) is 8.66. The van der Waals surface area contributed by atoms with E-state index >= 15 is 0 Å². The smallest absolute Gasteiger partial charge is 0.191 e. The molecule has 27 heavy (non-hydrogen) atoms. The van der Waals surface area contributed by atoms with Crippen LogP contribution in [0.15, 0.2) is 35.6 Å². The molecular formula is C19H29IN6O. The molecule has 0 aliphatic carbocycles. The number of aryl methyl sites for hydroxylation is 2. The lowest BCUT2D eigenvalue weighted by atomic mass is 9.72. The molecule has 0 atom stereocenters. The van der Waals surface area contributed by atoms with E-state index in [9.17, 15) is 0 Å². The van der Waals surface area contributed by atoms with Crippen LogP contribution < -0.4 is 10.6 Å². The van der Waals surface area contributed by atoms with Gasteiger partial charge in [-0.05, 0) is 30.9 Å². The van der Waals surface area contributed by atoms with Crippen LogP contribution in [0.5, 0.6) is 0 Å². The average molecular weight is 484 g/mol. The van der Waals surface area contributed by atoms with Crippen molar-refractivity contribution in [1.82, 2.24) is 25.4 Å². The summed E-state index contributed by atoms with van der Waals surface area (Å²) in [7, 11) is 3.67. The van der Waals surface area contributed by atoms with Gasteiger partial charge in [-0.1, -0.05) is 24.3 Å². The molecule has 0 bridgehead atoms. The van der Waals surface area contributed by atoms with Crippen LogP contribution in [0.3, 0.4) is 0 Å². The fourth-order valence-electron chi connectivity index (χ4n) is 3.59. The Hall–Kier alpha value is -1.68. The molecule has 1 aliphatic rings. The van der Waals surface area contributed by atoms with Crippen molar-refractivity contribution in [2.45, 2.75) is 31.7 Å². The maximum Gasteiger partial charge on any atom is 0.191 e. The summed E-state index contributed by atoms with van der Waals surface area (Å²) in [5.74, 6) is 1.64. The number of ether oxygens (including phenoxy) is 1. The van der Waals surface area contributed by atoms with E-state index in [2.05, 4.69) is 56.9 Å². The van der Waals surface area contributed by atoms with E-state index in [1.807, 2.05) is 7.05 Å². The van der Waals surface area contributed by atoms with Crippen molar-refractivity contribution >= 4 is 29.9 Å². The molecule has 2 N–H and O–H groups in total. The summed E-state index contributed by atoms with van der Waals surface area (Å²) in [4.78, 5) is 8.59. The quantitative estimate of drug-likeness (QED) is 0.387. The lowest BCUT2D eigenvalue weighted by molar-refractivity contribution is 0.0512. The first-order chi connectivity index (χ1) is 12.6. The van der Waals surface area contributed by atoms with Crippen molar-refractivity contribution in [3.8, 4) is 0 Å². The van der Waals surface area contributed by atoms with Crippen molar-refractivity contribution in [3.05, 3.63) is 47.5 Å². The Morgan fingerprint density at radius 3 is 2.63 bits per heavy atom. The highest BCUT2D eigenvalue weighted by Gasteiger charge is 2.35. The van der Waals surface area contributed by atoms with Gasteiger partial charge in [0, 0.05) is 39.3 Å². The summed E-state index contributed by atoms with van der Waals surface area (Å²) in [5, 5.41) is 10.9. The standard InChI is InChI=1S/C19H28N6O.HI/c1-15-6-4-5-7-16(15)19(8-10-26-11-9-19)13-22-18(20-2)21-12-17-23-14-24-25(17)3;/h4-7,14H,8-13H2,1-3H3,(H2,20,21,22);1H. The second-order valence-corrected chi connectivity index (χ2v) is 6.79. The monoisotopic (exact) mass is 484 g/mol. The van der Waals surface area contributed by atoms with Gasteiger partial charge in [-0.15, -0.1) is 24.0 Å². The van der Waals surface area contributed by atoms with Crippen LogP contribution >= 0.6 is 24.0 Å². The average Bonchev–Trinajstić information content (AvgIpc) is 3.08. The fraction of sp³-hybridized carbons (Fsp3) is 0.526. The largest absolute Gasteiger partial charge is 0.381 e. The second-order valence-electron chi connectivity index (χ2n) is 6.79. The molecule has 8 heteroatoms. The zero-order valence-corrected chi connectivity index (χ0v) is 18.6. The predicted molar refractivity (Wildman–Crippen MR) is 118 cm³/mol. The van der Waals surface area contributed by atoms with Crippen LogP contribution in [-0.2, 0) is 23.7 Å². The molecule has 1 aromatic heterocycles.